The summed E-state index contributed by atoms with van der Waals surface area (Å²) in [7, 11) is 0. The Bertz CT molecular complexity index is 442. The highest BCUT2D eigenvalue weighted by molar-refractivity contribution is 7.89. The van der Waals surface area contributed by atoms with Crippen molar-refractivity contribution in [3.63, 3.8) is 0 Å². The minimum Gasteiger partial charge on any atom is -0.396 e. The van der Waals surface area contributed by atoms with Crippen LogP contribution < -0.4 is 0 Å². The minimum absolute atomic E-state index is 0.146. The molecule has 0 spiro atoms. The molecule has 0 aromatic rings. The van der Waals surface area contributed by atoms with Crippen LogP contribution in [0.25, 0.3) is 0 Å². The molecule has 1 saturated heterocycles. The van der Waals surface area contributed by atoms with Gasteiger partial charge >= 0.3 is 0 Å². The van der Waals surface area contributed by atoms with Crippen LogP contribution in [0.5, 0.6) is 0 Å². The van der Waals surface area contributed by atoms with Gasteiger partial charge in [-0.25, -0.2) is 5.26 Å². The van der Waals surface area contributed by atoms with E-state index in [1.165, 1.54) is 0 Å². The molecule has 1 saturated carbocycles. The van der Waals surface area contributed by atoms with Crippen LogP contribution in [-0.4, -0.2) is 86.9 Å². The molecule has 27 heavy (non-hydrogen) atoms. The third-order valence-corrected chi connectivity index (χ3v) is 5.91. The van der Waals surface area contributed by atoms with E-state index in [1.54, 1.807) is 0 Å². The van der Waals surface area contributed by atoms with Crippen LogP contribution in [0.1, 0.15) is 20.3 Å². The van der Waals surface area contributed by atoms with Crippen LogP contribution >= 0.6 is 12.3 Å². The zero-order valence-electron chi connectivity index (χ0n) is 15.0. The fraction of sp³-hybridized carbons (Fsp3) is 1.00. The van der Waals surface area contributed by atoms with Gasteiger partial charge in [-0.3, -0.25) is 4.18 Å². The standard InChI is InChI=1S/C15H28O11S/c1-6-7(2)15(23-10(5-17)11(6)18)22-9-3-8(4-16)12(19)13(20)14(9)24-27-26-25-21/h6-21H,3-5H2,1-2H3. The van der Waals surface area contributed by atoms with Crippen molar-refractivity contribution >= 4 is 12.3 Å². The molecule has 11 nitrogen and oxygen atoms in total. The molecule has 10 atom stereocenters. The van der Waals surface area contributed by atoms with Crippen molar-refractivity contribution in [2.24, 2.45) is 17.8 Å². The molecular formula is C15H28O11S. The van der Waals surface area contributed by atoms with E-state index in [1.807, 2.05) is 13.8 Å². The van der Waals surface area contributed by atoms with Gasteiger partial charge in [0.25, 0.3) is 0 Å². The average molecular weight is 416 g/mol. The molecule has 0 aromatic heterocycles. The second-order valence-corrected chi connectivity index (χ2v) is 7.50. The molecular weight excluding hydrogens is 388 g/mol. The highest BCUT2D eigenvalue weighted by atomic mass is 32.2. The van der Waals surface area contributed by atoms with Crippen molar-refractivity contribution < 1.29 is 53.8 Å². The van der Waals surface area contributed by atoms with E-state index in [4.69, 9.17) is 18.9 Å². The Morgan fingerprint density at radius 2 is 1.70 bits per heavy atom. The number of hydrogen-bond acceptors (Lipinski definition) is 12. The maximum atomic E-state index is 10.3. The van der Waals surface area contributed by atoms with Crippen molar-refractivity contribution in [1.82, 2.24) is 0 Å². The molecule has 2 fully saturated rings. The molecule has 0 amide bonds. The fourth-order valence-corrected chi connectivity index (χ4v) is 3.91. The van der Waals surface area contributed by atoms with Crippen LogP contribution in [0.3, 0.4) is 0 Å². The highest BCUT2D eigenvalue weighted by Crippen LogP contribution is 2.37. The van der Waals surface area contributed by atoms with Crippen molar-refractivity contribution in [1.29, 1.82) is 0 Å². The van der Waals surface area contributed by atoms with Crippen molar-refractivity contribution in [2.75, 3.05) is 13.2 Å². The first-order valence-electron chi connectivity index (χ1n) is 8.72. The summed E-state index contributed by atoms with van der Waals surface area (Å²) in [4.78, 5) is 0. The summed E-state index contributed by atoms with van der Waals surface area (Å²) < 4.78 is 21.0. The highest BCUT2D eigenvalue weighted by Gasteiger charge is 2.48. The van der Waals surface area contributed by atoms with E-state index in [-0.39, 0.29) is 43.8 Å². The third-order valence-electron chi connectivity index (χ3n) is 5.49. The zero-order valence-corrected chi connectivity index (χ0v) is 15.8. The molecule has 0 bridgehead atoms. The predicted octanol–water partition coefficient (Wildman–Crippen LogP) is -1.17. The summed E-state index contributed by atoms with van der Waals surface area (Å²) in [6, 6.07) is 0. The van der Waals surface area contributed by atoms with Crippen molar-refractivity contribution in [3.05, 3.63) is 0 Å². The predicted molar refractivity (Wildman–Crippen MR) is 89.4 cm³/mol. The maximum Gasteiger partial charge on any atom is 0.198 e. The smallest absolute Gasteiger partial charge is 0.198 e. The largest absolute Gasteiger partial charge is 0.396 e. The molecule has 6 N–H and O–H groups in total. The average Bonchev–Trinajstić information content (AvgIpc) is 2.67. The molecule has 2 aliphatic rings. The lowest BCUT2D eigenvalue weighted by Crippen LogP contribution is -2.58. The van der Waals surface area contributed by atoms with Gasteiger partial charge in [-0.05, 0) is 12.3 Å². The summed E-state index contributed by atoms with van der Waals surface area (Å²) in [5.41, 5.74) is 0. The molecule has 2 rings (SSSR count). The van der Waals surface area contributed by atoms with Gasteiger partial charge in [-0.2, -0.15) is 0 Å². The second kappa shape index (κ2) is 10.6. The monoisotopic (exact) mass is 416 g/mol. The number of aliphatic hydroxyl groups is 5. The summed E-state index contributed by atoms with van der Waals surface area (Å²) in [6.45, 7) is 2.87. The third kappa shape index (κ3) is 5.29. The van der Waals surface area contributed by atoms with Gasteiger partial charge in [-0.1, -0.05) is 18.9 Å². The first-order valence-corrected chi connectivity index (χ1v) is 9.39. The molecule has 1 aliphatic heterocycles. The van der Waals surface area contributed by atoms with Gasteiger partial charge in [0.1, 0.15) is 18.3 Å². The molecule has 1 aliphatic carbocycles. The molecule has 0 aromatic carbocycles. The normalized spacial score (nSPS) is 45.8. The molecule has 0 radical (unpaired) electrons. The zero-order chi connectivity index (χ0) is 20.1. The first kappa shape index (κ1) is 23.2. The number of hydrogen-bond donors (Lipinski definition) is 6. The van der Waals surface area contributed by atoms with Gasteiger partial charge < -0.3 is 35.0 Å². The second-order valence-electron chi connectivity index (χ2n) is 7.04. The van der Waals surface area contributed by atoms with Crippen molar-refractivity contribution in [2.45, 2.75) is 63.2 Å². The van der Waals surface area contributed by atoms with Gasteiger partial charge in [0.2, 0.25) is 0 Å². The maximum absolute atomic E-state index is 10.3. The topological polar surface area (TPSA) is 168 Å². The molecule has 12 heteroatoms. The van der Waals surface area contributed by atoms with E-state index in [0.29, 0.717) is 0 Å². The van der Waals surface area contributed by atoms with E-state index in [0.717, 1.165) is 0 Å². The number of ether oxygens (including phenoxy) is 2. The Hall–Kier alpha value is -0.0900. The van der Waals surface area contributed by atoms with E-state index in [9.17, 15) is 25.5 Å². The van der Waals surface area contributed by atoms with Gasteiger partial charge in [0, 0.05) is 18.4 Å². The Balaban J connectivity index is 2.13. The summed E-state index contributed by atoms with van der Waals surface area (Å²) >= 11 is 0.240. The lowest BCUT2D eigenvalue weighted by Gasteiger charge is -2.46. The Labute approximate surface area is 161 Å². The Kier molecular flexibility index (Phi) is 9.12. The van der Waals surface area contributed by atoms with Gasteiger partial charge in [0.05, 0.1) is 24.9 Å². The van der Waals surface area contributed by atoms with Crippen LogP contribution in [0.15, 0.2) is 0 Å². The van der Waals surface area contributed by atoms with Crippen LogP contribution in [0.2, 0.25) is 0 Å². The Morgan fingerprint density at radius 1 is 1.00 bits per heavy atom. The number of rotatable bonds is 8. The Morgan fingerprint density at radius 3 is 2.30 bits per heavy atom. The first-order chi connectivity index (χ1) is 12.8. The van der Waals surface area contributed by atoms with Crippen LogP contribution in [0, 0.1) is 17.8 Å². The molecule has 160 valence electrons. The summed E-state index contributed by atoms with van der Waals surface area (Å²) in [6.07, 6.45) is -6.93. The summed E-state index contributed by atoms with van der Waals surface area (Å²) in [5, 5.41) is 61.1. The van der Waals surface area contributed by atoms with Gasteiger partial charge in [0.15, 0.2) is 18.6 Å². The quantitative estimate of drug-likeness (QED) is 0.122. The van der Waals surface area contributed by atoms with Crippen molar-refractivity contribution in [3.8, 4) is 0 Å². The molecule has 1 heterocycles. The van der Waals surface area contributed by atoms with Crippen LogP contribution in [-0.2, 0) is 23.0 Å². The number of aliphatic hydroxyl groups excluding tert-OH is 5. The minimum atomic E-state index is -1.41. The van der Waals surface area contributed by atoms with E-state index in [2.05, 4.69) is 9.37 Å². The lowest BCUT2D eigenvalue weighted by molar-refractivity contribution is -0.434. The van der Waals surface area contributed by atoms with E-state index < -0.39 is 48.8 Å². The SMILES string of the molecule is CC1C(OC2CC(CO)C(O)C(O)C2OSOOO)OC(CO)C(O)C1C. The molecule has 10 unspecified atom stereocenters. The fourth-order valence-electron chi connectivity index (χ4n) is 3.53. The van der Waals surface area contributed by atoms with E-state index >= 15 is 0 Å². The summed E-state index contributed by atoms with van der Waals surface area (Å²) in [5.74, 6) is -1.13. The lowest BCUT2D eigenvalue weighted by atomic mass is 9.80. The van der Waals surface area contributed by atoms with Gasteiger partial charge in [-0.15, -0.1) is 4.33 Å². The van der Waals surface area contributed by atoms with Crippen LogP contribution in [0.4, 0.5) is 0 Å².